The lowest BCUT2D eigenvalue weighted by atomic mass is 10.1. The molecule has 1 aromatic carbocycles. The Kier molecular flexibility index (Phi) is 6.17. The van der Waals surface area contributed by atoms with Crippen LogP contribution < -0.4 is 5.32 Å². The fourth-order valence-corrected chi connectivity index (χ4v) is 4.96. The average Bonchev–Trinajstić information content (AvgIpc) is 3.44. The Morgan fingerprint density at radius 1 is 1.34 bits per heavy atom. The third-order valence-corrected chi connectivity index (χ3v) is 6.69. The van der Waals surface area contributed by atoms with E-state index in [1.54, 1.807) is 11.3 Å². The Balaban J connectivity index is 1.42. The van der Waals surface area contributed by atoms with E-state index in [-0.39, 0.29) is 5.91 Å². The monoisotopic (exact) mass is 443 g/mol. The van der Waals surface area contributed by atoms with E-state index < -0.39 is 0 Å². The second kappa shape index (κ2) is 8.98. The van der Waals surface area contributed by atoms with Gasteiger partial charge in [0.1, 0.15) is 0 Å². The van der Waals surface area contributed by atoms with Crippen LogP contribution in [-0.4, -0.2) is 25.7 Å². The van der Waals surface area contributed by atoms with Crippen LogP contribution in [0.1, 0.15) is 31.7 Å². The number of rotatable bonds is 8. The molecule has 0 aliphatic carbocycles. The minimum atomic E-state index is -0.0875. The first-order valence-corrected chi connectivity index (χ1v) is 11.6. The fraction of sp³-hybridized carbons (Fsp3) is 0.300. The maximum absolute atomic E-state index is 12.5. The Morgan fingerprint density at radius 3 is 3.03 bits per heavy atom. The van der Waals surface area contributed by atoms with Gasteiger partial charge < -0.3 is 5.32 Å². The van der Waals surface area contributed by atoms with E-state index in [1.165, 1.54) is 29.7 Å². The van der Waals surface area contributed by atoms with Gasteiger partial charge in [0.25, 0.3) is 0 Å². The van der Waals surface area contributed by atoms with Crippen molar-refractivity contribution in [3.05, 3.63) is 46.0 Å². The summed E-state index contributed by atoms with van der Waals surface area (Å²) in [7, 11) is 0. The van der Waals surface area contributed by atoms with Crippen LogP contribution in [0.5, 0.6) is 0 Å². The SMILES string of the molecule is CCCCc1ccc2nc(NC(=O)CCn3c(-c4cccs4)n[nH]c3=S)sc2c1. The minimum Gasteiger partial charge on any atom is -0.302 e. The number of aryl methyl sites for hydroxylation is 1. The topological polar surface area (TPSA) is 75.6 Å². The number of aromatic nitrogens is 4. The number of carbonyl (C=O) groups is 1. The lowest BCUT2D eigenvalue weighted by molar-refractivity contribution is -0.116. The number of amides is 1. The largest absolute Gasteiger partial charge is 0.302 e. The molecule has 0 unspecified atom stereocenters. The van der Waals surface area contributed by atoms with E-state index in [0.717, 1.165) is 27.3 Å². The molecule has 0 fully saturated rings. The van der Waals surface area contributed by atoms with Crippen molar-refractivity contribution >= 4 is 56.1 Å². The predicted molar refractivity (Wildman–Crippen MR) is 122 cm³/mol. The van der Waals surface area contributed by atoms with Crippen molar-refractivity contribution in [2.24, 2.45) is 0 Å². The molecule has 0 aliphatic rings. The number of nitrogens with zero attached hydrogens (tertiary/aromatic N) is 3. The summed E-state index contributed by atoms with van der Waals surface area (Å²) >= 11 is 8.43. The quantitative estimate of drug-likeness (QED) is 0.345. The highest BCUT2D eigenvalue weighted by atomic mass is 32.1. The Morgan fingerprint density at radius 2 is 2.24 bits per heavy atom. The summed E-state index contributed by atoms with van der Waals surface area (Å²) in [6.45, 7) is 2.65. The number of thiophene rings is 1. The first-order chi connectivity index (χ1) is 14.1. The molecule has 0 atom stereocenters. The van der Waals surface area contributed by atoms with Gasteiger partial charge in [-0.2, -0.15) is 5.10 Å². The zero-order chi connectivity index (χ0) is 20.2. The van der Waals surface area contributed by atoms with Crippen molar-refractivity contribution in [2.75, 3.05) is 5.32 Å². The van der Waals surface area contributed by atoms with Crippen LogP contribution >= 0.6 is 34.9 Å². The number of hydrogen-bond acceptors (Lipinski definition) is 6. The number of H-pyrrole nitrogens is 1. The standard InChI is InChI=1S/C20H21N5OS3/c1-2-3-5-13-7-8-14-16(12-13)29-19(21-14)22-17(26)9-10-25-18(23-24-20(25)27)15-6-4-11-28-15/h4,6-8,11-12H,2-3,5,9-10H2,1H3,(H,24,27)(H,21,22,26). The number of unbranched alkanes of at least 4 members (excludes halogenated alkanes) is 1. The first kappa shape index (κ1) is 19.9. The highest BCUT2D eigenvalue weighted by molar-refractivity contribution is 7.71. The van der Waals surface area contributed by atoms with Gasteiger partial charge in [0.15, 0.2) is 15.7 Å². The number of fused-ring (bicyclic) bond motifs is 1. The first-order valence-electron chi connectivity index (χ1n) is 9.52. The smallest absolute Gasteiger partial charge is 0.227 e. The average molecular weight is 444 g/mol. The molecule has 0 spiro atoms. The van der Waals surface area contributed by atoms with Crippen LogP contribution in [0.25, 0.3) is 20.9 Å². The number of anilines is 1. The molecule has 9 heteroatoms. The van der Waals surface area contributed by atoms with Crippen LogP contribution in [0.4, 0.5) is 5.13 Å². The molecule has 4 rings (SSSR count). The Hall–Kier alpha value is -2.36. The number of nitrogens with one attached hydrogen (secondary N) is 2. The maximum Gasteiger partial charge on any atom is 0.227 e. The summed E-state index contributed by atoms with van der Waals surface area (Å²) < 4.78 is 3.48. The summed E-state index contributed by atoms with van der Waals surface area (Å²) in [6.07, 6.45) is 3.72. The third-order valence-electron chi connectivity index (χ3n) is 4.58. The van der Waals surface area contributed by atoms with Crippen LogP contribution in [0.15, 0.2) is 35.7 Å². The lowest BCUT2D eigenvalue weighted by Gasteiger charge is -2.05. The summed E-state index contributed by atoms with van der Waals surface area (Å²) in [6, 6.07) is 10.3. The molecule has 3 heterocycles. The van der Waals surface area contributed by atoms with E-state index in [1.807, 2.05) is 28.1 Å². The summed E-state index contributed by atoms with van der Waals surface area (Å²) in [5.74, 6) is 0.674. The molecule has 2 N–H and O–H groups in total. The lowest BCUT2D eigenvalue weighted by Crippen LogP contribution is -2.14. The fourth-order valence-electron chi connectivity index (χ4n) is 3.07. The zero-order valence-corrected chi connectivity index (χ0v) is 18.4. The molecule has 0 aliphatic heterocycles. The number of hydrogen-bond donors (Lipinski definition) is 2. The van der Waals surface area contributed by atoms with Gasteiger partial charge in [-0.3, -0.25) is 14.5 Å². The van der Waals surface area contributed by atoms with Gasteiger partial charge >= 0.3 is 0 Å². The highest BCUT2D eigenvalue weighted by Gasteiger charge is 2.13. The molecule has 3 aromatic heterocycles. The number of aromatic amines is 1. The van der Waals surface area contributed by atoms with Crippen molar-refractivity contribution in [1.29, 1.82) is 0 Å². The van der Waals surface area contributed by atoms with Crippen molar-refractivity contribution in [1.82, 2.24) is 19.7 Å². The highest BCUT2D eigenvalue weighted by Crippen LogP contribution is 2.28. The normalized spacial score (nSPS) is 11.2. The van der Waals surface area contributed by atoms with Crippen LogP contribution in [0, 0.1) is 4.77 Å². The Bertz CT molecular complexity index is 1170. The van der Waals surface area contributed by atoms with Gasteiger partial charge in [-0.25, -0.2) is 4.98 Å². The molecule has 29 heavy (non-hydrogen) atoms. The minimum absolute atomic E-state index is 0.0875. The molecule has 0 saturated carbocycles. The predicted octanol–water partition coefficient (Wildman–Crippen LogP) is 5.65. The van der Waals surface area contributed by atoms with Gasteiger partial charge in [-0.1, -0.05) is 36.8 Å². The van der Waals surface area contributed by atoms with Crippen molar-refractivity contribution < 1.29 is 4.79 Å². The Labute approximate surface area is 181 Å². The molecule has 4 aromatic rings. The number of thiazole rings is 1. The molecular weight excluding hydrogens is 422 g/mol. The van der Waals surface area contributed by atoms with E-state index in [4.69, 9.17) is 12.2 Å². The number of carbonyl (C=O) groups excluding carboxylic acids is 1. The van der Waals surface area contributed by atoms with Crippen molar-refractivity contribution in [3.63, 3.8) is 0 Å². The van der Waals surface area contributed by atoms with Gasteiger partial charge in [0.05, 0.1) is 15.1 Å². The molecule has 1 amide bonds. The van der Waals surface area contributed by atoms with Crippen LogP contribution in [-0.2, 0) is 17.8 Å². The van der Waals surface area contributed by atoms with Crippen LogP contribution in [0.3, 0.4) is 0 Å². The molecule has 0 saturated heterocycles. The summed E-state index contributed by atoms with van der Waals surface area (Å²) in [5, 5.41) is 12.7. The number of benzene rings is 1. The third kappa shape index (κ3) is 4.63. The van der Waals surface area contributed by atoms with Crippen LogP contribution in [0.2, 0.25) is 0 Å². The van der Waals surface area contributed by atoms with E-state index in [0.29, 0.717) is 22.9 Å². The second-order valence-corrected chi connectivity index (χ2v) is 9.07. The maximum atomic E-state index is 12.5. The van der Waals surface area contributed by atoms with E-state index >= 15 is 0 Å². The van der Waals surface area contributed by atoms with Gasteiger partial charge in [0.2, 0.25) is 5.91 Å². The molecule has 0 radical (unpaired) electrons. The van der Waals surface area contributed by atoms with Gasteiger partial charge in [0, 0.05) is 13.0 Å². The van der Waals surface area contributed by atoms with Gasteiger partial charge in [-0.15, -0.1) is 11.3 Å². The summed E-state index contributed by atoms with van der Waals surface area (Å²) in [5.41, 5.74) is 2.24. The van der Waals surface area contributed by atoms with E-state index in [2.05, 4.69) is 39.6 Å². The van der Waals surface area contributed by atoms with Crippen molar-refractivity contribution in [2.45, 2.75) is 39.2 Å². The molecular formula is C20H21N5OS3. The molecule has 0 bridgehead atoms. The van der Waals surface area contributed by atoms with Gasteiger partial charge in [-0.05, 0) is 54.2 Å². The molecule has 150 valence electrons. The zero-order valence-electron chi connectivity index (χ0n) is 16.0. The molecule has 6 nitrogen and oxygen atoms in total. The van der Waals surface area contributed by atoms with E-state index in [9.17, 15) is 4.79 Å². The summed E-state index contributed by atoms with van der Waals surface area (Å²) in [4.78, 5) is 18.0. The second-order valence-electron chi connectivity index (χ2n) is 6.70. The van der Waals surface area contributed by atoms with Crippen molar-refractivity contribution in [3.8, 4) is 10.7 Å².